The second kappa shape index (κ2) is 30.5. The van der Waals surface area contributed by atoms with Crippen molar-refractivity contribution in [3.8, 4) is 23.0 Å². The van der Waals surface area contributed by atoms with Gasteiger partial charge in [-0.1, -0.05) is 319 Å². The molecule has 2 aliphatic heterocycles. The first-order chi connectivity index (χ1) is 48.3. The summed E-state index contributed by atoms with van der Waals surface area (Å²) in [6, 6.07) is 101. The molecular weight excluding hydrogens is 1510 g/mol. The van der Waals surface area contributed by atoms with Crippen LogP contribution in [0.15, 0.2) is 315 Å². The van der Waals surface area contributed by atoms with Crippen molar-refractivity contribution in [3.05, 3.63) is 338 Å². The van der Waals surface area contributed by atoms with Gasteiger partial charge in [-0.05, 0) is 24.3 Å². The SMILES string of the molecule is CC1(C)c2cccc(P(=O)(c3ccccc3)c3ccccc3)c2Oc2c1cccc2P(=O)(c1ccccc1)c1ccccc1.CC1(C)c2cccc(P(=O)(c3ccccc3)c3ccccc3)c2Oc2c1cccc2P(=O)(c1ccccc1)c1ccccc1.OC(CC(O)C(F)(F)F)C(F)(F)F.[Eu]. The van der Waals surface area contributed by atoms with Crippen LogP contribution in [-0.4, -0.2) is 34.8 Å². The van der Waals surface area contributed by atoms with Crippen molar-refractivity contribution in [2.75, 3.05) is 0 Å². The number of para-hydroxylation sites is 4. The van der Waals surface area contributed by atoms with Crippen molar-refractivity contribution in [2.45, 2.75) is 69.5 Å². The van der Waals surface area contributed by atoms with E-state index in [1.54, 1.807) is 0 Å². The Morgan fingerprint density at radius 2 is 0.441 bits per heavy atom. The van der Waals surface area contributed by atoms with Gasteiger partial charge in [0.15, 0.2) is 40.8 Å². The Morgan fingerprint density at radius 1 is 0.284 bits per heavy atom. The molecule has 2 N–H and O–H groups in total. The third-order valence-electron chi connectivity index (χ3n) is 18.6. The minimum atomic E-state index is -5.15. The van der Waals surface area contributed by atoms with Crippen LogP contribution in [0, 0.1) is 49.4 Å². The van der Waals surface area contributed by atoms with Crippen molar-refractivity contribution in [1.82, 2.24) is 0 Å². The first-order valence-electron chi connectivity index (χ1n) is 32.5. The van der Waals surface area contributed by atoms with Crippen LogP contribution in [0.25, 0.3) is 0 Å². The largest absolute Gasteiger partial charge is 0.455 e. The number of aliphatic hydroxyl groups is 2. The summed E-state index contributed by atoms with van der Waals surface area (Å²) in [5, 5.41) is 24.7. The maximum Gasteiger partial charge on any atom is 0.414 e. The Kier molecular flexibility index (Phi) is 22.6. The number of ether oxygens (including phenoxy) is 2. The van der Waals surface area contributed by atoms with Crippen molar-refractivity contribution in [2.24, 2.45) is 0 Å². The standard InChI is InChI=1S/2C39H32O3P2.C5H6F6O2.Eu/c2*1-39(2)33-25-15-27-35(43(40,29-17-7-3-8-18-29)30-19-9-4-10-20-30)37(33)42-38-34(39)26-16-28-36(38)44(41,31-21-11-5-12-22-31)32-23-13-6-14-24-32;6-4(7,8)2(12)1-3(13)5(9,10)11;/h2*3-28H,1-2H3;2-3,12-13H,1H2;. The average molecular weight is 1590 g/mol. The molecule has 19 heteroatoms. The molecule has 102 heavy (non-hydrogen) atoms. The van der Waals surface area contributed by atoms with Gasteiger partial charge >= 0.3 is 12.4 Å². The molecule has 1 radical (unpaired) electrons. The maximum absolute atomic E-state index is 15.6. The molecule has 12 aromatic rings. The predicted octanol–water partition coefficient (Wildman–Crippen LogP) is 16.0. The molecule has 0 saturated carbocycles. The van der Waals surface area contributed by atoms with E-state index in [0.29, 0.717) is 44.2 Å². The van der Waals surface area contributed by atoms with Crippen LogP contribution >= 0.6 is 28.6 Å². The number of aliphatic hydroxyl groups excluding tert-OH is 2. The Hall–Kier alpha value is -7.76. The van der Waals surface area contributed by atoms with E-state index >= 15 is 18.3 Å². The van der Waals surface area contributed by atoms with Gasteiger partial charge in [-0.2, -0.15) is 26.3 Å². The fraction of sp³-hybridized carbons (Fsp3) is 0.133. The Labute approximate surface area is 630 Å². The number of hydrogen-bond donors (Lipinski definition) is 2. The molecule has 2 atom stereocenters. The summed E-state index contributed by atoms with van der Waals surface area (Å²) in [5.41, 5.74) is 2.74. The molecule has 2 heterocycles. The van der Waals surface area contributed by atoms with Gasteiger partial charge in [-0.15, -0.1) is 0 Å². The van der Waals surface area contributed by atoms with Gasteiger partial charge in [0.1, 0.15) is 23.0 Å². The van der Waals surface area contributed by atoms with E-state index in [4.69, 9.17) is 19.7 Å². The Balaban J connectivity index is 0.000000174. The van der Waals surface area contributed by atoms with E-state index in [2.05, 4.69) is 52.0 Å². The van der Waals surface area contributed by atoms with Crippen LogP contribution in [0.4, 0.5) is 26.3 Å². The first-order valence-corrected chi connectivity index (χ1v) is 39.4. The van der Waals surface area contributed by atoms with Crippen LogP contribution in [0.1, 0.15) is 56.4 Å². The summed E-state index contributed by atoms with van der Waals surface area (Å²) >= 11 is 0. The number of rotatable bonds is 14. The zero-order valence-corrected chi connectivity index (χ0v) is 61.7. The summed E-state index contributed by atoms with van der Waals surface area (Å²) in [6.07, 6.45) is -18.4. The minimum absolute atomic E-state index is 0. The molecule has 0 aliphatic carbocycles. The molecule has 0 fully saturated rings. The van der Waals surface area contributed by atoms with E-state index in [1.165, 1.54) is 0 Å². The second-order valence-electron chi connectivity index (χ2n) is 25.5. The summed E-state index contributed by atoms with van der Waals surface area (Å²) in [5.74, 6) is 2.28. The van der Waals surface area contributed by atoms with E-state index in [0.717, 1.165) is 64.7 Å². The Bertz CT molecular complexity index is 4330. The van der Waals surface area contributed by atoms with Gasteiger partial charge in [0.25, 0.3) is 0 Å². The molecule has 0 spiro atoms. The van der Waals surface area contributed by atoms with E-state index in [-0.39, 0.29) is 49.4 Å². The fourth-order valence-corrected chi connectivity index (χ4v) is 24.4. The van der Waals surface area contributed by atoms with E-state index in [9.17, 15) is 26.3 Å². The summed E-state index contributed by atoms with van der Waals surface area (Å²) in [7, 11) is -13.5. The maximum atomic E-state index is 15.6. The van der Waals surface area contributed by atoms with Crippen molar-refractivity contribution in [1.29, 1.82) is 0 Å². The van der Waals surface area contributed by atoms with Crippen molar-refractivity contribution in [3.63, 3.8) is 0 Å². The normalized spacial score (nSPS) is 14.2. The van der Waals surface area contributed by atoms with Crippen LogP contribution in [0.3, 0.4) is 0 Å². The number of alkyl halides is 6. The van der Waals surface area contributed by atoms with E-state index in [1.807, 2.05) is 291 Å². The monoisotopic (exact) mass is 1590 g/mol. The topological polar surface area (TPSA) is 127 Å². The minimum Gasteiger partial charge on any atom is -0.455 e. The Morgan fingerprint density at radius 3 is 0.588 bits per heavy atom. The number of benzene rings is 12. The summed E-state index contributed by atoms with van der Waals surface area (Å²) < 4.78 is 145. The molecule has 0 aromatic heterocycles. The molecule has 12 aromatic carbocycles. The predicted molar refractivity (Wildman–Crippen MR) is 396 cm³/mol. The molecule has 2 unspecified atom stereocenters. The molecule has 8 nitrogen and oxygen atoms in total. The third kappa shape index (κ3) is 14.2. The van der Waals surface area contributed by atoms with Gasteiger partial charge in [0.05, 0.1) is 21.2 Å². The zero-order chi connectivity index (χ0) is 71.6. The van der Waals surface area contributed by atoms with E-state index < -0.39 is 70.4 Å². The van der Waals surface area contributed by atoms with Gasteiger partial charge in [-0.25, -0.2) is 0 Å². The van der Waals surface area contributed by atoms with Crippen LogP contribution in [0.2, 0.25) is 0 Å². The molecule has 0 saturated heterocycles. The number of halogens is 6. The zero-order valence-electron chi connectivity index (χ0n) is 55.7. The molecule has 519 valence electrons. The first kappa shape index (κ1) is 75.4. The van der Waals surface area contributed by atoms with Crippen molar-refractivity contribution < 1.29 is 114 Å². The smallest absolute Gasteiger partial charge is 0.414 e. The van der Waals surface area contributed by atoms with Gasteiger partial charge < -0.3 is 37.9 Å². The number of fused-ring (bicyclic) bond motifs is 4. The molecular formula is C83H70EuF6O8P4. The van der Waals surface area contributed by atoms with Gasteiger partial charge in [0, 0.05) is 131 Å². The summed E-state index contributed by atoms with van der Waals surface area (Å²) in [6.45, 7) is 8.64. The van der Waals surface area contributed by atoms with Gasteiger partial charge in [0.2, 0.25) is 0 Å². The fourth-order valence-electron chi connectivity index (χ4n) is 13.3. The van der Waals surface area contributed by atoms with Crippen LogP contribution in [-0.2, 0) is 29.1 Å². The van der Waals surface area contributed by atoms with Crippen LogP contribution in [0.5, 0.6) is 23.0 Å². The summed E-state index contributed by atoms with van der Waals surface area (Å²) in [4.78, 5) is 0. The average Bonchev–Trinajstić information content (AvgIpc) is 0.715. The molecule has 0 amide bonds. The number of hydrogen-bond acceptors (Lipinski definition) is 8. The van der Waals surface area contributed by atoms with Crippen LogP contribution < -0.4 is 73.1 Å². The third-order valence-corrected chi connectivity index (χ3v) is 30.9. The second-order valence-corrected chi connectivity index (χ2v) is 36.5. The molecule has 2 aliphatic rings. The van der Waals surface area contributed by atoms with Gasteiger partial charge in [-0.3, -0.25) is 0 Å². The van der Waals surface area contributed by atoms with Crippen molar-refractivity contribution >= 4 is 92.2 Å². The molecule has 0 bridgehead atoms. The quantitative estimate of drug-likeness (QED) is 0.0814. The molecule has 14 rings (SSSR count).